The summed E-state index contributed by atoms with van der Waals surface area (Å²) < 4.78 is 0. The maximum atomic E-state index is 13.2. The van der Waals surface area contributed by atoms with Crippen LogP contribution in [-0.4, -0.2) is 17.9 Å². The number of carbonyl (C=O) groups excluding carboxylic acids is 2. The van der Waals surface area contributed by atoms with Gasteiger partial charge in [-0.25, -0.2) is 0 Å². The molecule has 0 radical (unpaired) electrons. The van der Waals surface area contributed by atoms with Crippen molar-refractivity contribution in [1.29, 1.82) is 0 Å². The van der Waals surface area contributed by atoms with Crippen LogP contribution in [0.3, 0.4) is 0 Å². The summed E-state index contributed by atoms with van der Waals surface area (Å²) in [5, 5.41) is 3.00. The van der Waals surface area contributed by atoms with E-state index in [0.29, 0.717) is 18.5 Å². The zero-order chi connectivity index (χ0) is 19.5. The van der Waals surface area contributed by atoms with Gasteiger partial charge in [0.2, 0.25) is 5.91 Å². The first-order valence-corrected chi connectivity index (χ1v) is 9.43. The van der Waals surface area contributed by atoms with Gasteiger partial charge in [0, 0.05) is 24.2 Å². The molecule has 0 aromatic heterocycles. The molecule has 0 spiro atoms. The fourth-order valence-electron chi connectivity index (χ4n) is 3.58. The van der Waals surface area contributed by atoms with Crippen molar-refractivity contribution in [3.63, 3.8) is 0 Å². The lowest BCUT2D eigenvalue weighted by atomic mass is 10.1. The highest BCUT2D eigenvalue weighted by atomic mass is 16.2. The zero-order valence-electron chi connectivity index (χ0n) is 15.8. The summed E-state index contributed by atoms with van der Waals surface area (Å²) in [4.78, 5) is 27.8. The normalized spacial score (nSPS) is 15.2. The van der Waals surface area contributed by atoms with Gasteiger partial charge in [0.15, 0.2) is 0 Å². The predicted octanol–water partition coefficient (Wildman–Crippen LogP) is 3.88. The van der Waals surface area contributed by atoms with E-state index in [2.05, 4.69) is 5.32 Å². The maximum absolute atomic E-state index is 13.2. The number of carbonyl (C=O) groups is 2. The lowest BCUT2D eigenvalue weighted by Crippen LogP contribution is -2.48. The van der Waals surface area contributed by atoms with Crippen LogP contribution >= 0.6 is 0 Å². The first kappa shape index (κ1) is 18.0. The molecule has 0 saturated carbocycles. The zero-order valence-corrected chi connectivity index (χ0v) is 15.8. The van der Waals surface area contributed by atoms with Crippen molar-refractivity contribution >= 4 is 17.5 Å². The van der Waals surface area contributed by atoms with E-state index in [9.17, 15) is 9.59 Å². The van der Waals surface area contributed by atoms with Crippen LogP contribution in [0.1, 0.15) is 27.0 Å². The van der Waals surface area contributed by atoms with Gasteiger partial charge in [-0.3, -0.25) is 14.5 Å². The maximum Gasteiger partial charge on any atom is 0.259 e. The monoisotopic (exact) mass is 370 g/mol. The molecule has 0 bridgehead atoms. The Balaban J connectivity index is 1.57. The van der Waals surface area contributed by atoms with Gasteiger partial charge in [0.25, 0.3) is 5.91 Å². The average molecular weight is 370 g/mol. The summed E-state index contributed by atoms with van der Waals surface area (Å²) >= 11 is 0. The number of nitrogens with zero attached hydrogens (tertiary/aromatic N) is 1. The average Bonchev–Trinajstić information content (AvgIpc) is 3.13. The highest BCUT2D eigenvalue weighted by molar-refractivity contribution is 6.11. The van der Waals surface area contributed by atoms with Crippen LogP contribution < -0.4 is 10.2 Å². The molecule has 4 heteroatoms. The summed E-state index contributed by atoms with van der Waals surface area (Å²) in [6.45, 7) is 2.48. The van der Waals surface area contributed by atoms with Crippen molar-refractivity contribution in [3.05, 3.63) is 101 Å². The largest absolute Gasteiger partial charge is 0.350 e. The van der Waals surface area contributed by atoms with E-state index in [0.717, 1.165) is 16.8 Å². The van der Waals surface area contributed by atoms with Crippen LogP contribution in [0.25, 0.3) is 0 Å². The van der Waals surface area contributed by atoms with E-state index in [4.69, 9.17) is 0 Å². The van der Waals surface area contributed by atoms with Gasteiger partial charge in [0.05, 0.1) is 0 Å². The lowest BCUT2D eigenvalue weighted by Gasteiger charge is -2.25. The Morgan fingerprint density at radius 2 is 1.61 bits per heavy atom. The number of amides is 2. The Morgan fingerprint density at radius 1 is 0.929 bits per heavy atom. The third-order valence-electron chi connectivity index (χ3n) is 5.11. The molecule has 4 nitrogen and oxygen atoms in total. The Hall–Kier alpha value is -3.40. The smallest absolute Gasteiger partial charge is 0.259 e. The van der Waals surface area contributed by atoms with Gasteiger partial charge in [0.1, 0.15) is 6.04 Å². The van der Waals surface area contributed by atoms with Crippen molar-refractivity contribution in [2.45, 2.75) is 25.9 Å². The Labute approximate surface area is 164 Å². The summed E-state index contributed by atoms with van der Waals surface area (Å²) in [6.07, 6.45) is 0.522. The van der Waals surface area contributed by atoms with E-state index in [-0.39, 0.29) is 11.8 Å². The number of hydrogen-bond acceptors (Lipinski definition) is 2. The number of anilines is 1. The Morgan fingerprint density at radius 3 is 2.36 bits per heavy atom. The van der Waals surface area contributed by atoms with E-state index < -0.39 is 6.04 Å². The molecule has 1 aliphatic rings. The SMILES string of the molecule is Cc1ccc(CNC(=O)[C@@H]2Cc3ccccc3N2C(=O)c2ccccc2)cc1. The minimum atomic E-state index is -0.546. The third kappa shape index (κ3) is 3.54. The van der Waals surface area contributed by atoms with Crippen LogP contribution in [0.2, 0.25) is 0 Å². The van der Waals surface area contributed by atoms with Gasteiger partial charge >= 0.3 is 0 Å². The van der Waals surface area contributed by atoms with Crippen LogP contribution in [0.4, 0.5) is 5.69 Å². The van der Waals surface area contributed by atoms with Crippen molar-refractivity contribution < 1.29 is 9.59 Å². The fourth-order valence-corrected chi connectivity index (χ4v) is 3.58. The highest BCUT2D eigenvalue weighted by Crippen LogP contribution is 2.33. The number of hydrogen-bond donors (Lipinski definition) is 1. The van der Waals surface area contributed by atoms with Crippen molar-refractivity contribution in [2.24, 2.45) is 0 Å². The molecular weight excluding hydrogens is 348 g/mol. The standard InChI is InChI=1S/C24H22N2O2/c1-17-11-13-18(14-12-17)16-25-23(27)22-15-20-9-5-6-10-21(20)26(22)24(28)19-7-3-2-4-8-19/h2-14,22H,15-16H2,1H3,(H,25,27)/t22-/m0/s1. The summed E-state index contributed by atoms with van der Waals surface area (Å²) in [5.74, 6) is -0.290. The van der Waals surface area contributed by atoms with E-state index in [1.807, 2.05) is 73.7 Å². The summed E-state index contributed by atoms with van der Waals surface area (Å²) in [7, 11) is 0. The molecule has 140 valence electrons. The second-order valence-corrected chi connectivity index (χ2v) is 7.09. The van der Waals surface area contributed by atoms with E-state index in [1.165, 1.54) is 5.56 Å². The number of fused-ring (bicyclic) bond motifs is 1. The van der Waals surface area contributed by atoms with E-state index >= 15 is 0 Å². The second-order valence-electron chi connectivity index (χ2n) is 7.09. The molecule has 3 aromatic rings. The Kier molecular flexibility index (Phi) is 4.94. The lowest BCUT2D eigenvalue weighted by molar-refractivity contribution is -0.122. The topological polar surface area (TPSA) is 49.4 Å². The van der Waals surface area contributed by atoms with Gasteiger partial charge in [-0.1, -0.05) is 66.2 Å². The molecule has 0 aliphatic carbocycles. The molecule has 0 fully saturated rings. The molecule has 28 heavy (non-hydrogen) atoms. The summed E-state index contributed by atoms with van der Waals surface area (Å²) in [6, 6.07) is 24.4. The molecule has 2 amide bonds. The van der Waals surface area contributed by atoms with Gasteiger partial charge in [-0.15, -0.1) is 0 Å². The predicted molar refractivity (Wildman–Crippen MR) is 110 cm³/mol. The first-order chi connectivity index (χ1) is 13.6. The first-order valence-electron chi connectivity index (χ1n) is 9.43. The van der Waals surface area contributed by atoms with Crippen LogP contribution in [-0.2, 0) is 17.8 Å². The van der Waals surface area contributed by atoms with Crippen molar-refractivity contribution in [2.75, 3.05) is 4.90 Å². The molecule has 1 heterocycles. The minimum Gasteiger partial charge on any atom is -0.350 e. The molecule has 1 aliphatic heterocycles. The Bertz CT molecular complexity index is 997. The van der Waals surface area contributed by atoms with Crippen molar-refractivity contribution in [3.8, 4) is 0 Å². The molecule has 3 aromatic carbocycles. The molecule has 1 atom stereocenters. The number of aryl methyl sites for hydroxylation is 1. The van der Waals surface area contributed by atoms with Gasteiger partial charge < -0.3 is 5.32 Å². The number of rotatable bonds is 4. The van der Waals surface area contributed by atoms with Crippen LogP contribution in [0, 0.1) is 6.92 Å². The van der Waals surface area contributed by atoms with Gasteiger partial charge in [-0.2, -0.15) is 0 Å². The van der Waals surface area contributed by atoms with Crippen LogP contribution in [0.15, 0.2) is 78.9 Å². The highest BCUT2D eigenvalue weighted by Gasteiger charge is 2.38. The number of para-hydroxylation sites is 1. The van der Waals surface area contributed by atoms with Crippen LogP contribution in [0.5, 0.6) is 0 Å². The summed E-state index contributed by atoms with van der Waals surface area (Å²) in [5.41, 5.74) is 4.63. The van der Waals surface area contributed by atoms with Gasteiger partial charge in [-0.05, 0) is 36.2 Å². The fraction of sp³-hybridized carbons (Fsp3) is 0.167. The molecule has 4 rings (SSSR count). The minimum absolute atomic E-state index is 0.138. The number of benzene rings is 3. The molecule has 1 N–H and O–H groups in total. The number of nitrogens with one attached hydrogen (secondary N) is 1. The second kappa shape index (κ2) is 7.69. The molecular formula is C24H22N2O2. The van der Waals surface area contributed by atoms with E-state index in [1.54, 1.807) is 17.0 Å². The quantitative estimate of drug-likeness (QED) is 0.758. The third-order valence-corrected chi connectivity index (χ3v) is 5.11. The van der Waals surface area contributed by atoms with Crippen molar-refractivity contribution in [1.82, 2.24) is 5.32 Å². The molecule has 0 unspecified atom stereocenters. The molecule has 0 saturated heterocycles.